The van der Waals surface area contributed by atoms with E-state index >= 15 is 0 Å². The first-order valence-corrected chi connectivity index (χ1v) is 11.7. The minimum atomic E-state index is -3.41. The van der Waals surface area contributed by atoms with Crippen molar-refractivity contribution in [3.8, 4) is 5.75 Å². The second-order valence-corrected chi connectivity index (χ2v) is 9.15. The molecule has 1 saturated carbocycles. The lowest BCUT2D eigenvalue weighted by atomic mass is 9.96. The third-order valence-electron chi connectivity index (χ3n) is 5.00. The van der Waals surface area contributed by atoms with Crippen LogP contribution in [0.2, 0.25) is 0 Å². The predicted octanol–water partition coefficient (Wildman–Crippen LogP) is 3.47. The minimum absolute atomic E-state index is 0.0174. The smallest absolute Gasteiger partial charge is 0.232 e. The Morgan fingerprint density at radius 3 is 2.26 bits per heavy atom. The predicted molar refractivity (Wildman–Crippen MR) is 109 cm³/mol. The van der Waals surface area contributed by atoms with Crippen molar-refractivity contribution >= 4 is 21.6 Å². The fraction of sp³-hybridized carbons (Fsp3) is 0.650. The fourth-order valence-corrected chi connectivity index (χ4v) is 4.48. The van der Waals surface area contributed by atoms with Crippen LogP contribution in [0, 0.1) is 0 Å². The lowest BCUT2D eigenvalue weighted by molar-refractivity contribution is -0.122. The number of hydrogen-bond donors (Lipinski definition) is 1. The molecule has 1 fully saturated rings. The summed E-state index contributed by atoms with van der Waals surface area (Å²) < 4.78 is 30.7. The number of rotatable bonds is 8. The lowest BCUT2D eigenvalue weighted by Gasteiger charge is -2.23. The molecule has 0 atom stereocenters. The topological polar surface area (TPSA) is 75.7 Å². The van der Waals surface area contributed by atoms with Crippen molar-refractivity contribution in [1.82, 2.24) is 5.32 Å². The number of hydrogen-bond acceptors (Lipinski definition) is 4. The summed E-state index contributed by atoms with van der Waals surface area (Å²) in [5.41, 5.74) is 0.582. The third kappa shape index (κ3) is 7.40. The van der Waals surface area contributed by atoms with E-state index in [-0.39, 0.29) is 18.5 Å². The highest BCUT2D eigenvalue weighted by Crippen LogP contribution is 2.22. The molecule has 0 saturated heterocycles. The van der Waals surface area contributed by atoms with E-state index in [1.54, 1.807) is 31.4 Å². The molecule has 0 bridgehead atoms. The molecule has 0 spiro atoms. The van der Waals surface area contributed by atoms with Gasteiger partial charge < -0.3 is 10.1 Å². The number of ether oxygens (including phenoxy) is 1. The maximum Gasteiger partial charge on any atom is 0.232 e. The summed E-state index contributed by atoms with van der Waals surface area (Å²) in [5, 5.41) is 3.13. The number of anilines is 1. The van der Waals surface area contributed by atoms with Gasteiger partial charge in [0.05, 0.1) is 19.1 Å². The van der Waals surface area contributed by atoms with Crippen LogP contribution in [0.5, 0.6) is 5.75 Å². The average Bonchev–Trinajstić information content (AvgIpc) is 2.60. The zero-order valence-corrected chi connectivity index (χ0v) is 17.3. The standard InChI is InChI=1S/C20H32N2O4S/c1-26-19-14-12-18(13-15-19)22(27(2,24)25)16-8-11-20(23)21-17-9-6-4-3-5-7-10-17/h12-15,17H,3-11,16H2,1-2H3,(H,21,23). The molecule has 1 aromatic carbocycles. The number of carbonyl (C=O) groups is 1. The highest BCUT2D eigenvalue weighted by Gasteiger charge is 2.19. The summed E-state index contributed by atoms with van der Waals surface area (Å²) in [5.74, 6) is 0.689. The van der Waals surface area contributed by atoms with Gasteiger partial charge in [0.15, 0.2) is 0 Å². The Hall–Kier alpha value is -1.76. The number of amides is 1. The first-order valence-electron chi connectivity index (χ1n) is 9.81. The number of sulfonamides is 1. The van der Waals surface area contributed by atoms with Crippen LogP contribution in [0.4, 0.5) is 5.69 Å². The Labute approximate surface area is 163 Å². The highest BCUT2D eigenvalue weighted by molar-refractivity contribution is 7.92. The normalized spacial score (nSPS) is 16.2. The molecule has 1 aliphatic carbocycles. The zero-order chi connectivity index (χ0) is 19.7. The van der Waals surface area contributed by atoms with E-state index in [0.717, 1.165) is 12.8 Å². The van der Waals surface area contributed by atoms with Crippen LogP contribution in [-0.2, 0) is 14.8 Å². The van der Waals surface area contributed by atoms with Crippen molar-refractivity contribution in [2.45, 2.75) is 63.8 Å². The van der Waals surface area contributed by atoms with E-state index in [1.807, 2.05) is 0 Å². The van der Waals surface area contributed by atoms with Crippen LogP contribution < -0.4 is 14.4 Å². The van der Waals surface area contributed by atoms with E-state index in [2.05, 4.69) is 5.32 Å². The average molecular weight is 397 g/mol. The molecule has 152 valence electrons. The molecule has 2 rings (SSSR count). The van der Waals surface area contributed by atoms with Gasteiger partial charge in [0.25, 0.3) is 0 Å². The van der Waals surface area contributed by atoms with Crippen molar-refractivity contribution in [2.75, 3.05) is 24.2 Å². The van der Waals surface area contributed by atoms with E-state index in [4.69, 9.17) is 4.74 Å². The molecule has 0 aliphatic heterocycles. The molecule has 1 amide bonds. The van der Waals surface area contributed by atoms with Crippen LogP contribution in [0.3, 0.4) is 0 Å². The maximum atomic E-state index is 12.3. The summed E-state index contributed by atoms with van der Waals surface area (Å²) in [4.78, 5) is 12.3. The van der Waals surface area contributed by atoms with E-state index in [1.165, 1.54) is 42.7 Å². The number of carbonyl (C=O) groups excluding carboxylic acids is 1. The molecule has 0 heterocycles. The van der Waals surface area contributed by atoms with Crippen molar-refractivity contribution < 1.29 is 17.9 Å². The van der Waals surface area contributed by atoms with Crippen molar-refractivity contribution in [2.24, 2.45) is 0 Å². The molecular formula is C20H32N2O4S. The molecule has 6 nitrogen and oxygen atoms in total. The van der Waals surface area contributed by atoms with Crippen LogP contribution >= 0.6 is 0 Å². The molecule has 7 heteroatoms. The molecular weight excluding hydrogens is 364 g/mol. The van der Waals surface area contributed by atoms with Crippen LogP contribution in [0.1, 0.15) is 57.8 Å². The van der Waals surface area contributed by atoms with Crippen molar-refractivity contribution in [3.63, 3.8) is 0 Å². The van der Waals surface area contributed by atoms with Gasteiger partial charge >= 0.3 is 0 Å². The van der Waals surface area contributed by atoms with Crippen LogP contribution in [-0.4, -0.2) is 40.3 Å². The van der Waals surface area contributed by atoms with Gasteiger partial charge in [-0.25, -0.2) is 8.42 Å². The van der Waals surface area contributed by atoms with Crippen LogP contribution in [0.25, 0.3) is 0 Å². The third-order valence-corrected chi connectivity index (χ3v) is 6.19. The molecule has 0 unspecified atom stereocenters. The first kappa shape index (κ1) is 21.5. The molecule has 27 heavy (non-hydrogen) atoms. The van der Waals surface area contributed by atoms with Gasteiger partial charge in [0.2, 0.25) is 15.9 Å². The van der Waals surface area contributed by atoms with Gasteiger partial charge in [-0.3, -0.25) is 9.10 Å². The zero-order valence-electron chi connectivity index (χ0n) is 16.4. The Morgan fingerprint density at radius 1 is 1.11 bits per heavy atom. The Kier molecular flexibility index (Phi) is 8.41. The van der Waals surface area contributed by atoms with E-state index in [0.29, 0.717) is 24.3 Å². The van der Waals surface area contributed by atoms with Crippen LogP contribution in [0.15, 0.2) is 24.3 Å². The summed E-state index contributed by atoms with van der Waals surface area (Å²) in [7, 11) is -1.84. The summed E-state index contributed by atoms with van der Waals surface area (Å²) >= 11 is 0. The molecule has 1 N–H and O–H groups in total. The minimum Gasteiger partial charge on any atom is -0.497 e. The SMILES string of the molecule is COc1ccc(N(CCCC(=O)NC2CCCCCCC2)S(C)(=O)=O)cc1. The first-order chi connectivity index (χ1) is 12.9. The Morgan fingerprint density at radius 2 is 1.70 bits per heavy atom. The van der Waals surface area contributed by atoms with Gasteiger partial charge in [0, 0.05) is 19.0 Å². The largest absolute Gasteiger partial charge is 0.497 e. The van der Waals surface area contributed by atoms with E-state index in [9.17, 15) is 13.2 Å². The second-order valence-electron chi connectivity index (χ2n) is 7.25. The Balaban J connectivity index is 1.86. The van der Waals surface area contributed by atoms with Gasteiger partial charge in [-0.15, -0.1) is 0 Å². The molecule has 0 radical (unpaired) electrons. The number of benzene rings is 1. The summed E-state index contributed by atoms with van der Waals surface area (Å²) in [6, 6.07) is 7.16. The molecule has 0 aromatic heterocycles. The number of nitrogens with one attached hydrogen (secondary N) is 1. The van der Waals surface area contributed by atoms with Gasteiger partial charge in [-0.1, -0.05) is 32.1 Å². The summed E-state index contributed by atoms with van der Waals surface area (Å²) in [6.07, 6.45) is 10.2. The Bertz CT molecular complexity index is 680. The number of methoxy groups -OCH3 is 1. The lowest BCUT2D eigenvalue weighted by Crippen LogP contribution is -2.36. The summed E-state index contributed by atoms with van der Waals surface area (Å²) in [6.45, 7) is 0.281. The fourth-order valence-electron chi connectivity index (χ4n) is 3.52. The van der Waals surface area contributed by atoms with Crippen molar-refractivity contribution in [3.05, 3.63) is 24.3 Å². The van der Waals surface area contributed by atoms with Gasteiger partial charge in [-0.05, 0) is 43.5 Å². The van der Waals surface area contributed by atoms with E-state index < -0.39 is 10.0 Å². The molecule has 1 aromatic rings. The quantitative estimate of drug-likeness (QED) is 0.730. The second kappa shape index (κ2) is 10.5. The number of nitrogens with zero attached hydrogens (tertiary/aromatic N) is 1. The van der Waals surface area contributed by atoms with Gasteiger partial charge in [-0.2, -0.15) is 0 Å². The molecule has 1 aliphatic rings. The highest BCUT2D eigenvalue weighted by atomic mass is 32.2. The monoisotopic (exact) mass is 396 g/mol. The maximum absolute atomic E-state index is 12.3. The van der Waals surface area contributed by atoms with Crippen molar-refractivity contribution in [1.29, 1.82) is 0 Å². The van der Waals surface area contributed by atoms with Gasteiger partial charge in [0.1, 0.15) is 5.75 Å².